The molecule has 0 bridgehead atoms. The van der Waals surface area contributed by atoms with Gasteiger partial charge in [0.05, 0.1) is 12.7 Å². The molecule has 0 saturated carbocycles. The normalized spacial score (nSPS) is 20.0. The third-order valence-electron chi connectivity index (χ3n) is 8.15. The van der Waals surface area contributed by atoms with Crippen LogP contribution in [0.25, 0.3) is 0 Å². The highest BCUT2D eigenvalue weighted by Crippen LogP contribution is 2.52. The van der Waals surface area contributed by atoms with Gasteiger partial charge in [0.1, 0.15) is 18.1 Å². The van der Waals surface area contributed by atoms with Gasteiger partial charge in [0, 0.05) is 51.3 Å². The van der Waals surface area contributed by atoms with Crippen molar-refractivity contribution in [1.82, 2.24) is 20.3 Å². The molecule has 2 heterocycles. The van der Waals surface area contributed by atoms with E-state index in [1.165, 1.54) is 0 Å². The van der Waals surface area contributed by atoms with Gasteiger partial charge in [-0.25, -0.2) is 4.68 Å². The molecule has 0 unspecified atom stereocenters. The van der Waals surface area contributed by atoms with Crippen LogP contribution < -0.4 is 10.1 Å². The number of halogens is 1. The Morgan fingerprint density at radius 3 is 2.20 bits per heavy atom. The van der Waals surface area contributed by atoms with E-state index in [-0.39, 0.29) is 29.0 Å². The molecular weight excluding hydrogens is 580 g/mol. The molecule has 6 rings (SSSR count). The van der Waals surface area contributed by atoms with Crippen molar-refractivity contribution in [3.63, 3.8) is 0 Å². The number of aromatic nitrogens is 3. The number of allylic oxidation sites excluding steroid dienone is 4. The molecule has 2 aliphatic carbocycles. The van der Waals surface area contributed by atoms with Gasteiger partial charge in [0.25, 0.3) is 0 Å². The Morgan fingerprint density at radius 1 is 0.927 bits per heavy atom. The zero-order valence-electron chi connectivity index (χ0n) is 24.0. The van der Waals surface area contributed by atoms with Crippen LogP contribution in [0, 0.1) is 10.8 Å². The molecule has 0 spiro atoms. The number of hydrogen-bond donors (Lipinski definition) is 1. The summed E-state index contributed by atoms with van der Waals surface area (Å²) in [4.78, 5) is 27.5. The van der Waals surface area contributed by atoms with Gasteiger partial charge >= 0.3 is 0 Å². The van der Waals surface area contributed by atoms with Crippen LogP contribution in [0.15, 0.2) is 81.7 Å². The number of rotatable bonds is 6. The molecule has 0 atom stereocenters. The highest BCUT2D eigenvalue weighted by Gasteiger charge is 2.47. The van der Waals surface area contributed by atoms with E-state index in [2.05, 4.69) is 71.4 Å². The van der Waals surface area contributed by atoms with E-state index in [4.69, 9.17) is 4.74 Å². The second-order valence-electron chi connectivity index (χ2n) is 13.1. The van der Waals surface area contributed by atoms with Gasteiger partial charge < -0.3 is 10.1 Å². The van der Waals surface area contributed by atoms with E-state index < -0.39 is 5.92 Å². The first-order valence-corrected chi connectivity index (χ1v) is 14.9. The van der Waals surface area contributed by atoms with E-state index in [1.54, 1.807) is 4.68 Å². The molecule has 0 radical (unpaired) electrons. The summed E-state index contributed by atoms with van der Waals surface area (Å²) in [7, 11) is 0. The molecule has 1 N–H and O–H groups in total. The van der Waals surface area contributed by atoms with Gasteiger partial charge in [0.15, 0.2) is 11.6 Å². The molecule has 212 valence electrons. The molecule has 0 saturated heterocycles. The maximum atomic E-state index is 13.8. The van der Waals surface area contributed by atoms with Crippen LogP contribution in [0.5, 0.6) is 5.75 Å². The lowest BCUT2D eigenvalue weighted by molar-refractivity contribution is -0.119. The number of carbonyl (C=O) groups is 2. The molecule has 0 amide bonds. The number of carbonyl (C=O) groups excluding carboxylic acids is 2. The van der Waals surface area contributed by atoms with Crippen molar-refractivity contribution >= 4 is 27.5 Å². The Morgan fingerprint density at radius 2 is 1.56 bits per heavy atom. The highest BCUT2D eigenvalue weighted by molar-refractivity contribution is 9.10. The lowest BCUT2D eigenvalue weighted by Gasteiger charge is -2.44. The molecule has 0 fully saturated rings. The van der Waals surface area contributed by atoms with Crippen molar-refractivity contribution in [1.29, 1.82) is 0 Å². The maximum absolute atomic E-state index is 13.8. The first-order valence-electron chi connectivity index (χ1n) is 14.1. The van der Waals surface area contributed by atoms with Crippen LogP contribution in [0.4, 0.5) is 0 Å². The van der Waals surface area contributed by atoms with E-state index >= 15 is 0 Å². The van der Waals surface area contributed by atoms with E-state index in [0.717, 1.165) is 39.8 Å². The fraction of sp³-hybridized carbons (Fsp3) is 0.394. The zero-order valence-corrected chi connectivity index (χ0v) is 25.5. The number of nitrogens with one attached hydrogen (secondary N) is 1. The predicted octanol–water partition coefficient (Wildman–Crippen LogP) is 6.64. The number of benzene rings is 2. The van der Waals surface area contributed by atoms with Crippen LogP contribution in [0.1, 0.15) is 76.1 Å². The summed E-state index contributed by atoms with van der Waals surface area (Å²) in [5, 5.41) is 12.2. The predicted molar refractivity (Wildman–Crippen MR) is 160 cm³/mol. The largest absolute Gasteiger partial charge is 0.487 e. The lowest BCUT2D eigenvalue weighted by Crippen LogP contribution is -2.42. The quantitative estimate of drug-likeness (QED) is 0.335. The van der Waals surface area contributed by atoms with Gasteiger partial charge in [-0.3, -0.25) is 9.59 Å². The molecular formula is C33H35BrN4O3. The van der Waals surface area contributed by atoms with Crippen molar-refractivity contribution in [3.05, 3.63) is 98.6 Å². The fourth-order valence-corrected chi connectivity index (χ4v) is 6.86. The zero-order chi connectivity index (χ0) is 28.9. The van der Waals surface area contributed by atoms with Gasteiger partial charge in [-0.1, -0.05) is 79.2 Å². The number of dihydropyridines is 1. The Hall–Kier alpha value is -3.52. The third kappa shape index (κ3) is 5.67. The van der Waals surface area contributed by atoms with Crippen LogP contribution in [0.3, 0.4) is 0 Å². The Bertz CT molecular complexity index is 1550. The lowest BCUT2D eigenvalue weighted by atomic mass is 9.64. The minimum atomic E-state index is -0.477. The molecule has 8 heteroatoms. The number of hydrogen-bond acceptors (Lipinski definition) is 6. The van der Waals surface area contributed by atoms with Crippen molar-refractivity contribution in [2.24, 2.45) is 10.8 Å². The summed E-state index contributed by atoms with van der Waals surface area (Å²) in [5.41, 5.74) is 5.64. The van der Waals surface area contributed by atoms with Crippen LogP contribution in [-0.2, 0) is 22.7 Å². The van der Waals surface area contributed by atoms with Crippen LogP contribution >= 0.6 is 15.9 Å². The minimum absolute atomic E-state index is 0.0905. The van der Waals surface area contributed by atoms with Crippen molar-refractivity contribution in [2.45, 2.75) is 72.4 Å². The molecule has 3 aromatic rings. The smallest absolute Gasteiger partial charge is 0.162 e. The van der Waals surface area contributed by atoms with E-state index in [0.29, 0.717) is 42.0 Å². The van der Waals surface area contributed by atoms with Gasteiger partial charge in [-0.2, -0.15) is 0 Å². The third-order valence-corrected chi connectivity index (χ3v) is 8.64. The summed E-state index contributed by atoms with van der Waals surface area (Å²) < 4.78 is 9.04. The SMILES string of the molecule is CC1(C)CC(=O)C2=C(C1)NC1=C(C(=O)CC(C)(C)C1)C2c1cc(Br)ccc1OCc1cn(Cc2ccccc2)nn1. The van der Waals surface area contributed by atoms with Crippen molar-refractivity contribution in [2.75, 3.05) is 0 Å². The Balaban J connectivity index is 1.36. The number of nitrogens with zero attached hydrogens (tertiary/aromatic N) is 3. The average Bonchev–Trinajstić information content (AvgIpc) is 3.33. The topological polar surface area (TPSA) is 86.1 Å². The first-order chi connectivity index (χ1) is 19.5. The summed E-state index contributed by atoms with van der Waals surface area (Å²) in [6, 6.07) is 15.9. The second kappa shape index (κ2) is 10.4. The molecule has 7 nitrogen and oxygen atoms in total. The minimum Gasteiger partial charge on any atom is -0.487 e. The molecule has 2 aromatic carbocycles. The van der Waals surface area contributed by atoms with E-state index in [1.807, 2.05) is 42.6 Å². The number of Topliss-reactive ketones (excluding diaryl/α,β-unsaturated/α-hetero) is 2. The first kappa shape index (κ1) is 27.6. The second-order valence-corrected chi connectivity index (χ2v) is 14.0. The van der Waals surface area contributed by atoms with Crippen molar-refractivity contribution in [3.8, 4) is 5.75 Å². The summed E-state index contributed by atoms with van der Waals surface area (Å²) in [6.45, 7) is 9.35. The molecule has 41 heavy (non-hydrogen) atoms. The number of ether oxygens (including phenoxy) is 1. The molecule has 1 aliphatic heterocycles. The van der Waals surface area contributed by atoms with Gasteiger partial charge in [0.2, 0.25) is 0 Å². The summed E-state index contributed by atoms with van der Waals surface area (Å²) >= 11 is 3.64. The Labute approximate surface area is 249 Å². The van der Waals surface area contributed by atoms with Gasteiger partial charge in [-0.15, -0.1) is 5.10 Å². The summed E-state index contributed by atoms with van der Waals surface area (Å²) in [5.74, 6) is 0.335. The maximum Gasteiger partial charge on any atom is 0.162 e. The van der Waals surface area contributed by atoms with Gasteiger partial charge in [-0.05, 0) is 47.4 Å². The fourth-order valence-electron chi connectivity index (χ4n) is 6.48. The van der Waals surface area contributed by atoms with Crippen LogP contribution in [-0.4, -0.2) is 26.6 Å². The number of ketones is 2. The Kier molecular flexibility index (Phi) is 7.00. The summed E-state index contributed by atoms with van der Waals surface area (Å²) in [6.07, 6.45) is 4.29. The van der Waals surface area contributed by atoms with E-state index in [9.17, 15) is 9.59 Å². The highest BCUT2D eigenvalue weighted by atomic mass is 79.9. The van der Waals surface area contributed by atoms with Crippen LogP contribution in [0.2, 0.25) is 0 Å². The monoisotopic (exact) mass is 614 g/mol. The standard InChI is InChI=1S/C33H35BrN4O3/c1-32(2)13-24-30(26(39)15-32)29(31-25(35-24)14-33(3,4)16-27(31)40)23-12-21(34)10-11-28(23)41-19-22-18-38(37-36-22)17-20-8-6-5-7-9-20/h5-12,18,29,35H,13-17,19H2,1-4H3. The van der Waals surface area contributed by atoms with Crippen molar-refractivity contribution < 1.29 is 14.3 Å². The molecule has 3 aliphatic rings. The average molecular weight is 616 g/mol. The molecule has 1 aromatic heterocycles.